The zero-order chi connectivity index (χ0) is 12.1. The third kappa shape index (κ3) is 3.95. The Morgan fingerprint density at radius 1 is 1.50 bits per heavy atom. The van der Waals surface area contributed by atoms with Gasteiger partial charge in [-0.2, -0.15) is 0 Å². The molecular formula is C13H18ClNO. The van der Waals surface area contributed by atoms with E-state index in [0.717, 1.165) is 17.5 Å². The number of ketones is 1. The number of hydrogen-bond donors (Lipinski definition) is 1. The molecule has 16 heavy (non-hydrogen) atoms. The summed E-state index contributed by atoms with van der Waals surface area (Å²) >= 11 is 6.06. The standard InChI is InChI=1S/C13H18ClNO/c1-3-11(15)8-12(16)7-10-5-4-9(2)6-13(10)14/h4-6,11H,3,7-8,15H2,1-2H3. The van der Waals surface area contributed by atoms with E-state index in [1.54, 1.807) is 0 Å². The van der Waals surface area contributed by atoms with E-state index in [1.165, 1.54) is 0 Å². The van der Waals surface area contributed by atoms with Gasteiger partial charge in [-0.3, -0.25) is 4.79 Å². The number of hydrogen-bond acceptors (Lipinski definition) is 2. The minimum absolute atomic E-state index is 0.0308. The molecule has 1 aromatic carbocycles. The lowest BCUT2D eigenvalue weighted by atomic mass is 10.0. The molecule has 0 heterocycles. The van der Waals surface area contributed by atoms with Crippen LogP contribution in [0.25, 0.3) is 0 Å². The van der Waals surface area contributed by atoms with Gasteiger partial charge in [0, 0.05) is 23.9 Å². The Bertz CT molecular complexity index is 376. The van der Waals surface area contributed by atoms with Crippen LogP contribution < -0.4 is 5.73 Å². The van der Waals surface area contributed by atoms with Gasteiger partial charge < -0.3 is 5.73 Å². The number of benzene rings is 1. The van der Waals surface area contributed by atoms with Crippen molar-refractivity contribution in [2.45, 2.75) is 39.2 Å². The first kappa shape index (κ1) is 13.2. The number of carbonyl (C=O) groups excluding carboxylic acids is 1. The van der Waals surface area contributed by atoms with Crippen LogP contribution in [0.1, 0.15) is 30.9 Å². The lowest BCUT2D eigenvalue weighted by Crippen LogP contribution is -2.23. The molecule has 0 bridgehead atoms. The molecule has 0 aromatic heterocycles. The Hall–Kier alpha value is -0.860. The van der Waals surface area contributed by atoms with Gasteiger partial charge in [0.2, 0.25) is 0 Å². The lowest BCUT2D eigenvalue weighted by molar-refractivity contribution is -0.118. The Morgan fingerprint density at radius 3 is 2.75 bits per heavy atom. The van der Waals surface area contributed by atoms with Crippen molar-refractivity contribution in [3.8, 4) is 0 Å². The summed E-state index contributed by atoms with van der Waals surface area (Å²) in [4.78, 5) is 11.7. The maximum Gasteiger partial charge on any atom is 0.138 e. The van der Waals surface area contributed by atoms with Gasteiger partial charge in [-0.25, -0.2) is 0 Å². The van der Waals surface area contributed by atoms with Crippen molar-refractivity contribution >= 4 is 17.4 Å². The summed E-state index contributed by atoms with van der Waals surface area (Å²) in [5.41, 5.74) is 7.73. The molecule has 3 heteroatoms. The molecule has 0 aliphatic carbocycles. The monoisotopic (exact) mass is 239 g/mol. The maximum atomic E-state index is 11.7. The molecule has 0 spiro atoms. The Morgan fingerprint density at radius 2 is 2.19 bits per heavy atom. The number of Topliss-reactive ketones (excluding diaryl/α,β-unsaturated/α-hetero) is 1. The van der Waals surface area contributed by atoms with Crippen LogP contribution in [0.3, 0.4) is 0 Å². The highest BCUT2D eigenvalue weighted by Crippen LogP contribution is 2.18. The summed E-state index contributed by atoms with van der Waals surface area (Å²) in [6.45, 7) is 3.96. The summed E-state index contributed by atoms with van der Waals surface area (Å²) < 4.78 is 0. The van der Waals surface area contributed by atoms with E-state index < -0.39 is 0 Å². The minimum Gasteiger partial charge on any atom is -0.327 e. The van der Waals surface area contributed by atoms with Gasteiger partial charge in [0.05, 0.1) is 0 Å². The van der Waals surface area contributed by atoms with Crippen molar-refractivity contribution in [1.82, 2.24) is 0 Å². The van der Waals surface area contributed by atoms with E-state index in [1.807, 2.05) is 32.0 Å². The quantitative estimate of drug-likeness (QED) is 0.859. The van der Waals surface area contributed by atoms with E-state index >= 15 is 0 Å². The second-order valence-corrected chi connectivity index (χ2v) is 4.59. The molecule has 0 saturated carbocycles. The van der Waals surface area contributed by atoms with Crippen LogP contribution in [0.2, 0.25) is 5.02 Å². The largest absolute Gasteiger partial charge is 0.327 e. The molecule has 1 aromatic rings. The second-order valence-electron chi connectivity index (χ2n) is 4.18. The van der Waals surface area contributed by atoms with E-state index in [-0.39, 0.29) is 11.8 Å². The van der Waals surface area contributed by atoms with Crippen LogP contribution >= 0.6 is 11.6 Å². The van der Waals surface area contributed by atoms with Crippen LogP contribution in [-0.4, -0.2) is 11.8 Å². The number of aryl methyl sites for hydroxylation is 1. The third-order valence-corrected chi connectivity index (χ3v) is 2.96. The Kier molecular flexibility index (Phi) is 4.97. The normalized spacial score (nSPS) is 12.5. The van der Waals surface area contributed by atoms with Crippen LogP contribution in [0.5, 0.6) is 0 Å². The second kappa shape index (κ2) is 6.02. The van der Waals surface area contributed by atoms with Gasteiger partial charge >= 0.3 is 0 Å². The molecule has 1 rings (SSSR count). The van der Waals surface area contributed by atoms with Crippen molar-refractivity contribution in [3.63, 3.8) is 0 Å². The zero-order valence-electron chi connectivity index (χ0n) is 9.79. The van der Waals surface area contributed by atoms with Gasteiger partial charge in [-0.05, 0) is 30.5 Å². The van der Waals surface area contributed by atoms with Gasteiger partial charge in [-0.15, -0.1) is 0 Å². The fourth-order valence-electron chi connectivity index (χ4n) is 1.52. The molecule has 1 unspecified atom stereocenters. The third-order valence-electron chi connectivity index (χ3n) is 2.61. The van der Waals surface area contributed by atoms with E-state index in [0.29, 0.717) is 17.9 Å². The molecule has 1 atom stereocenters. The number of carbonyl (C=O) groups is 1. The lowest BCUT2D eigenvalue weighted by Gasteiger charge is -2.08. The Labute approximate surface area is 102 Å². The van der Waals surface area contributed by atoms with Crippen LogP contribution in [0.4, 0.5) is 0 Å². The van der Waals surface area contributed by atoms with Crippen molar-refractivity contribution in [3.05, 3.63) is 34.3 Å². The minimum atomic E-state index is -0.0308. The number of halogens is 1. The first-order valence-corrected chi connectivity index (χ1v) is 5.93. The van der Waals surface area contributed by atoms with Crippen molar-refractivity contribution in [2.24, 2.45) is 5.73 Å². The average molecular weight is 240 g/mol. The predicted molar refractivity (Wildman–Crippen MR) is 67.8 cm³/mol. The molecule has 0 radical (unpaired) electrons. The van der Waals surface area contributed by atoms with Gasteiger partial charge in [0.1, 0.15) is 5.78 Å². The fraction of sp³-hybridized carbons (Fsp3) is 0.462. The number of rotatable bonds is 5. The topological polar surface area (TPSA) is 43.1 Å². The predicted octanol–water partition coefficient (Wildman–Crippen LogP) is 2.89. The summed E-state index contributed by atoms with van der Waals surface area (Å²) in [7, 11) is 0. The first-order valence-electron chi connectivity index (χ1n) is 5.55. The van der Waals surface area contributed by atoms with Gasteiger partial charge in [0.25, 0.3) is 0 Å². The zero-order valence-corrected chi connectivity index (χ0v) is 10.6. The van der Waals surface area contributed by atoms with Crippen LogP contribution in [0, 0.1) is 6.92 Å². The van der Waals surface area contributed by atoms with Crippen LogP contribution in [-0.2, 0) is 11.2 Å². The maximum absolute atomic E-state index is 11.7. The Balaban J connectivity index is 2.63. The molecule has 0 saturated heterocycles. The highest BCUT2D eigenvalue weighted by molar-refractivity contribution is 6.31. The van der Waals surface area contributed by atoms with Crippen molar-refractivity contribution in [1.29, 1.82) is 0 Å². The average Bonchev–Trinajstić information content (AvgIpc) is 2.22. The molecule has 0 fully saturated rings. The fourth-order valence-corrected chi connectivity index (χ4v) is 1.82. The van der Waals surface area contributed by atoms with Crippen molar-refractivity contribution in [2.75, 3.05) is 0 Å². The van der Waals surface area contributed by atoms with E-state index in [2.05, 4.69) is 0 Å². The molecule has 0 aliphatic heterocycles. The summed E-state index contributed by atoms with van der Waals surface area (Å²) in [6.07, 6.45) is 1.64. The highest BCUT2D eigenvalue weighted by Gasteiger charge is 2.10. The van der Waals surface area contributed by atoms with Crippen LogP contribution in [0.15, 0.2) is 18.2 Å². The first-order chi connectivity index (χ1) is 7.52. The molecular weight excluding hydrogens is 222 g/mol. The number of nitrogens with two attached hydrogens (primary N) is 1. The highest BCUT2D eigenvalue weighted by atomic mass is 35.5. The van der Waals surface area contributed by atoms with Gasteiger partial charge in [0.15, 0.2) is 0 Å². The SMILES string of the molecule is CCC(N)CC(=O)Cc1ccc(C)cc1Cl. The molecule has 88 valence electrons. The summed E-state index contributed by atoms with van der Waals surface area (Å²) in [5.74, 6) is 0.153. The molecule has 0 amide bonds. The molecule has 2 N–H and O–H groups in total. The molecule has 0 aliphatic rings. The summed E-state index contributed by atoms with van der Waals surface area (Å²) in [6, 6.07) is 5.72. The van der Waals surface area contributed by atoms with Gasteiger partial charge in [-0.1, -0.05) is 30.7 Å². The van der Waals surface area contributed by atoms with E-state index in [9.17, 15) is 4.79 Å². The van der Waals surface area contributed by atoms with E-state index in [4.69, 9.17) is 17.3 Å². The summed E-state index contributed by atoms with van der Waals surface area (Å²) in [5, 5.41) is 0.665. The van der Waals surface area contributed by atoms with Crippen molar-refractivity contribution < 1.29 is 4.79 Å². The molecule has 2 nitrogen and oxygen atoms in total. The smallest absolute Gasteiger partial charge is 0.138 e.